The van der Waals surface area contributed by atoms with E-state index in [1.165, 1.54) is 18.2 Å². The molecule has 0 spiro atoms. The SMILES string of the molecule is COc1ccc(NC(=O)c2ccc(CNS(=O)(=O)c3ccc(-c4cccc(F)c4)s3)cc2)cc1. The van der Waals surface area contributed by atoms with E-state index in [1.54, 1.807) is 73.8 Å². The Labute approximate surface area is 201 Å². The van der Waals surface area contributed by atoms with E-state index in [4.69, 9.17) is 4.74 Å². The summed E-state index contributed by atoms with van der Waals surface area (Å²) in [5.41, 5.74) is 2.40. The molecule has 3 aromatic carbocycles. The first-order valence-electron chi connectivity index (χ1n) is 10.2. The predicted molar refractivity (Wildman–Crippen MR) is 131 cm³/mol. The van der Waals surface area contributed by atoms with Crippen molar-refractivity contribution < 1.29 is 22.3 Å². The third-order valence-corrected chi connectivity index (χ3v) is 8.01. The molecule has 0 saturated heterocycles. The molecule has 2 N–H and O–H groups in total. The van der Waals surface area contributed by atoms with E-state index in [1.807, 2.05) is 0 Å². The van der Waals surface area contributed by atoms with Gasteiger partial charge in [-0.05, 0) is 71.8 Å². The molecule has 34 heavy (non-hydrogen) atoms. The number of sulfonamides is 1. The number of hydrogen-bond donors (Lipinski definition) is 2. The molecule has 1 amide bonds. The maximum Gasteiger partial charge on any atom is 0.255 e. The van der Waals surface area contributed by atoms with Gasteiger partial charge in [-0.1, -0.05) is 24.3 Å². The van der Waals surface area contributed by atoms with Crippen molar-refractivity contribution in [1.29, 1.82) is 0 Å². The number of anilines is 1. The normalized spacial score (nSPS) is 11.2. The highest BCUT2D eigenvalue weighted by Crippen LogP contribution is 2.31. The van der Waals surface area contributed by atoms with Gasteiger partial charge in [-0.15, -0.1) is 11.3 Å². The first-order valence-corrected chi connectivity index (χ1v) is 12.5. The molecule has 6 nitrogen and oxygen atoms in total. The first kappa shape index (κ1) is 23.6. The van der Waals surface area contributed by atoms with E-state index < -0.39 is 10.0 Å². The van der Waals surface area contributed by atoms with Crippen molar-refractivity contribution in [3.63, 3.8) is 0 Å². The molecule has 4 rings (SSSR count). The fraction of sp³-hybridized carbons (Fsp3) is 0.0800. The fourth-order valence-corrected chi connectivity index (χ4v) is 5.53. The highest BCUT2D eigenvalue weighted by Gasteiger charge is 2.17. The Morgan fingerprint density at radius 1 is 0.971 bits per heavy atom. The Balaban J connectivity index is 1.37. The summed E-state index contributed by atoms with van der Waals surface area (Å²) in [7, 11) is -2.17. The van der Waals surface area contributed by atoms with Crippen LogP contribution in [0.1, 0.15) is 15.9 Å². The number of benzene rings is 3. The van der Waals surface area contributed by atoms with Gasteiger partial charge in [-0.25, -0.2) is 17.5 Å². The van der Waals surface area contributed by atoms with Gasteiger partial charge < -0.3 is 10.1 Å². The Morgan fingerprint density at radius 2 is 1.71 bits per heavy atom. The molecular formula is C25H21FN2O4S2. The van der Waals surface area contributed by atoms with Gasteiger partial charge >= 0.3 is 0 Å². The molecule has 0 aliphatic heterocycles. The summed E-state index contributed by atoms with van der Waals surface area (Å²) in [6.45, 7) is 0.0654. The van der Waals surface area contributed by atoms with Crippen LogP contribution in [0.5, 0.6) is 5.75 Å². The van der Waals surface area contributed by atoms with Crippen LogP contribution >= 0.6 is 11.3 Å². The van der Waals surface area contributed by atoms with Gasteiger partial charge in [0, 0.05) is 22.7 Å². The molecular weight excluding hydrogens is 475 g/mol. The second-order valence-electron chi connectivity index (χ2n) is 7.33. The fourth-order valence-electron chi connectivity index (χ4n) is 3.16. The van der Waals surface area contributed by atoms with Gasteiger partial charge in [0.25, 0.3) is 5.91 Å². The smallest absolute Gasteiger partial charge is 0.255 e. The Hall–Kier alpha value is -3.53. The van der Waals surface area contributed by atoms with Gasteiger partial charge in [0.15, 0.2) is 0 Å². The molecule has 174 valence electrons. The zero-order chi connectivity index (χ0) is 24.1. The summed E-state index contributed by atoms with van der Waals surface area (Å²) in [4.78, 5) is 13.1. The standard InChI is InChI=1S/C25H21FN2O4S2/c1-32-22-11-9-21(10-12-22)28-25(29)18-7-5-17(6-8-18)16-27-34(30,31)24-14-13-23(33-24)19-3-2-4-20(26)15-19/h2-15,27H,16H2,1H3,(H,28,29). The third-order valence-electron chi connectivity index (χ3n) is 4.99. The van der Waals surface area contributed by atoms with Crippen molar-refractivity contribution in [2.45, 2.75) is 10.8 Å². The van der Waals surface area contributed by atoms with Crippen LogP contribution in [-0.4, -0.2) is 21.4 Å². The van der Waals surface area contributed by atoms with Crippen molar-refractivity contribution in [1.82, 2.24) is 4.72 Å². The first-order chi connectivity index (χ1) is 16.3. The van der Waals surface area contributed by atoms with Gasteiger partial charge in [-0.2, -0.15) is 0 Å². The van der Waals surface area contributed by atoms with Crippen molar-refractivity contribution >= 4 is 33.0 Å². The zero-order valence-electron chi connectivity index (χ0n) is 18.1. The van der Waals surface area contributed by atoms with E-state index in [0.29, 0.717) is 33.0 Å². The summed E-state index contributed by atoms with van der Waals surface area (Å²) in [6, 6.07) is 22.8. The maximum atomic E-state index is 13.5. The number of rotatable bonds is 8. The average molecular weight is 497 g/mol. The lowest BCUT2D eigenvalue weighted by Crippen LogP contribution is -2.22. The molecule has 9 heteroatoms. The summed E-state index contributed by atoms with van der Waals surface area (Å²) in [5.74, 6) is 0.0351. The highest BCUT2D eigenvalue weighted by atomic mass is 32.2. The molecule has 0 radical (unpaired) electrons. The van der Waals surface area contributed by atoms with Crippen LogP contribution in [0.4, 0.5) is 10.1 Å². The molecule has 0 fully saturated rings. The van der Waals surface area contributed by atoms with E-state index in [9.17, 15) is 17.6 Å². The molecule has 0 aliphatic carbocycles. The van der Waals surface area contributed by atoms with Crippen LogP contribution in [0.15, 0.2) is 89.1 Å². The van der Waals surface area contributed by atoms with Crippen LogP contribution in [0.2, 0.25) is 0 Å². The number of nitrogens with one attached hydrogen (secondary N) is 2. The summed E-state index contributed by atoms with van der Waals surface area (Å²) < 4.78 is 46.7. The van der Waals surface area contributed by atoms with Gasteiger partial charge in [-0.3, -0.25) is 4.79 Å². The lowest BCUT2D eigenvalue weighted by atomic mass is 10.1. The molecule has 4 aromatic rings. The van der Waals surface area contributed by atoms with Crippen molar-refractivity contribution in [3.8, 4) is 16.2 Å². The summed E-state index contributed by atoms with van der Waals surface area (Å²) in [5, 5.41) is 2.80. The quantitative estimate of drug-likeness (QED) is 0.347. The van der Waals surface area contributed by atoms with Gasteiger partial charge in [0.2, 0.25) is 10.0 Å². The topological polar surface area (TPSA) is 84.5 Å². The van der Waals surface area contributed by atoms with Gasteiger partial charge in [0.1, 0.15) is 15.8 Å². The summed E-state index contributed by atoms with van der Waals surface area (Å²) >= 11 is 1.07. The van der Waals surface area contributed by atoms with Crippen LogP contribution in [0.25, 0.3) is 10.4 Å². The number of carbonyl (C=O) groups excluding carboxylic acids is 1. The minimum absolute atomic E-state index is 0.0654. The molecule has 0 bridgehead atoms. The Kier molecular flexibility index (Phi) is 7.06. The second kappa shape index (κ2) is 10.2. The lowest BCUT2D eigenvalue weighted by Gasteiger charge is -2.08. The molecule has 1 aromatic heterocycles. The largest absolute Gasteiger partial charge is 0.497 e. The summed E-state index contributed by atoms with van der Waals surface area (Å²) in [6.07, 6.45) is 0. The highest BCUT2D eigenvalue weighted by molar-refractivity contribution is 7.91. The number of amides is 1. The molecule has 0 unspecified atom stereocenters. The van der Waals surface area contributed by atoms with Crippen LogP contribution in [0.3, 0.4) is 0 Å². The van der Waals surface area contributed by atoms with Crippen molar-refractivity contribution in [3.05, 3.63) is 102 Å². The Morgan fingerprint density at radius 3 is 2.38 bits per heavy atom. The number of thiophene rings is 1. The lowest BCUT2D eigenvalue weighted by molar-refractivity contribution is 0.102. The minimum atomic E-state index is -3.74. The number of halogens is 1. The van der Waals surface area contributed by atoms with E-state index in [2.05, 4.69) is 10.0 Å². The molecule has 1 heterocycles. The predicted octanol–water partition coefficient (Wildman–Crippen LogP) is 5.29. The van der Waals surface area contributed by atoms with E-state index >= 15 is 0 Å². The second-order valence-corrected chi connectivity index (χ2v) is 10.4. The zero-order valence-corrected chi connectivity index (χ0v) is 19.8. The van der Waals surface area contributed by atoms with Crippen LogP contribution < -0.4 is 14.8 Å². The number of methoxy groups -OCH3 is 1. The number of carbonyl (C=O) groups is 1. The number of hydrogen-bond acceptors (Lipinski definition) is 5. The molecule has 0 atom stereocenters. The third kappa shape index (κ3) is 5.69. The van der Waals surface area contributed by atoms with Crippen molar-refractivity contribution in [2.24, 2.45) is 0 Å². The van der Waals surface area contributed by atoms with Crippen molar-refractivity contribution in [2.75, 3.05) is 12.4 Å². The monoisotopic (exact) mass is 496 g/mol. The molecule has 0 aliphatic rings. The number of ether oxygens (including phenoxy) is 1. The average Bonchev–Trinajstić information content (AvgIpc) is 3.35. The minimum Gasteiger partial charge on any atom is -0.497 e. The van der Waals surface area contributed by atoms with E-state index in [-0.39, 0.29) is 22.5 Å². The maximum absolute atomic E-state index is 13.5. The van der Waals surface area contributed by atoms with Crippen LogP contribution in [-0.2, 0) is 16.6 Å². The molecule has 0 saturated carbocycles. The van der Waals surface area contributed by atoms with Crippen LogP contribution in [0, 0.1) is 5.82 Å². The van der Waals surface area contributed by atoms with Gasteiger partial charge in [0.05, 0.1) is 7.11 Å². The Bertz CT molecular complexity index is 1400. The van der Waals surface area contributed by atoms with E-state index in [0.717, 1.165) is 11.3 Å².